The number of guanidine groups is 1. The normalized spacial score (nSPS) is 25.4. The zero-order valence-corrected chi connectivity index (χ0v) is 19.0. The van der Waals surface area contributed by atoms with Crippen LogP contribution in [0.25, 0.3) is 0 Å². The number of hydrogen-bond acceptors (Lipinski definition) is 3. The molecule has 2 N–H and O–H groups in total. The molecule has 2 atom stereocenters. The highest BCUT2D eigenvalue weighted by Crippen LogP contribution is 2.37. The van der Waals surface area contributed by atoms with Crippen LogP contribution in [0.4, 0.5) is 0 Å². The van der Waals surface area contributed by atoms with E-state index in [2.05, 4.69) is 74.4 Å². The van der Waals surface area contributed by atoms with E-state index in [9.17, 15) is 0 Å². The molecule has 29 heavy (non-hydrogen) atoms. The summed E-state index contributed by atoms with van der Waals surface area (Å²) in [4.78, 5) is 7.67. The summed E-state index contributed by atoms with van der Waals surface area (Å²) in [6.07, 6.45) is 2.06. The van der Waals surface area contributed by atoms with Gasteiger partial charge in [-0.15, -0.1) is 0 Å². The number of benzene rings is 1. The van der Waals surface area contributed by atoms with E-state index in [0.29, 0.717) is 18.0 Å². The summed E-state index contributed by atoms with van der Waals surface area (Å²) in [6, 6.07) is 9.83. The highest BCUT2D eigenvalue weighted by molar-refractivity contribution is 5.80. The van der Waals surface area contributed by atoms with Crippen LogP contribution in [-0.2, 0) is 10.2 Å². The van der Waals surface area contributed by atoms with Crippen LogP contribution in [0.15, 0.2) is 29.3 Å². The number of likely N-dealkylation sites (tertiary alicyclic amines) is 1. The van der Waals surface area contributed by atoms with E-state index in [4.69, 9.17) is 9.73 Å². The van der Waals surface area contributed by atoms with Gasteiger partial charge in [-0.1, -0.05) is 31.2 Å². The molecule has 5 heteroatoms. The van der Waals surface area contributed by atoms with Gasteiger partial charge in [0, 0.05) is 50.3 Å². The van der Waals surface area contributed by atoms with Crippen molar-refractivity contribution in [3.8, 4) is 0 Å². The van der Waals surface area contributed by atoms with E-state index in [1.807, 2.05) is 0 Å². The van der Waals surface area contributed by atoms with Crippen LogP contribution in [0.3, 0.4) is 0 Å². The van der Waals surface area contributed by atoms with Crippen LogP contribution in [0.2, 0.25) is 0 Å². The van der Waals surface area contributed by atoms with Crippen LogP contribution in [-0.4, -0.2) is 62.3 Å². The van der Waals surface area contributed by atoms with E-state index < -0.39 is 0 Å². The van der Waals surface area contributed by atoms with Crippen molar-refractivity contribution >= 4 is 5.96 Å². The second kappa shape index (κ2) is 9.94. The lowest BCUT2D eigenvalue weighted by Gasteiger charge is -2.38. The van der Waals surface area contributed by atoms with Gasteiger partial charge in [-0.05, 0) is 57.6 Å². The molecule has 0 radical (unpaired) electrons. The van der Waals surface area contributed by atoms with Gasteiger partial charge < -0.3 is 15.4 Å². The molecule has 5 nitrogen and oxygen atoms in total. The minimum atomic E-state index is 0.0667. The molecule has 162 valence electrons. The fourth-order valence-corrected chi connectivity index (χ4v) is 4.78. The fourth-order valence-electron chi connectivity index (χ4n) is 4.78. The highest BCUT2D eigenvalue weighted by atomic mass is 16.5. The van der Waals surface area contributed by atoms with Crippen molar-refractivity contribution in [1.29, 1.82) is 0 Å². The van der Waals surface area contributed by atoms with Gasteiger partial charge in [0.1, 0.15) is 0 Å². The topological polar surface area (TPSA) is 48.9 Å². The third-order valence-corrected chi connectivity index (χ3v) is 6.74. The Morgan fingerprint density at radius 3 is 2.59 bits per heavy atom. The Morgan fingerprint density at radius 1 is 1.24 bits per heavy atom. The predicted molar refractivity (Wildman–Crippen MR) is 122 cm³/mol. The first-order valence-corrected chi connectivity index (χ1v) is 11.4. The molecule has 2 aliphatic rings. The first-order chi connectivity index (χ1) is 13.9. The third-order valence-electron chi connectivity index (χ3n) is 6.74. The van der Waals surface area contributed by atoms with Crippen molar-refractivity contribution in [2.75, 3.05) is 39.4 Å². The molecule has 2 saturated heterocycles. The van der Waals surface area contributed by atoms with E-state index >= 15 is 0 Å². The molecule has 0 bridgehead atoms. The van der Waals surface area contributed by atoms with E-state index in [1.54, 1.807) is 0 Å². The molecule has 3 rings (SSSR count). The minimum Gasteiger partial charge on any atom is -0.381 e. The Kier molecular flexibility index (Phi) is 7.58. The zero-order valence-electron chi connectivity index (χ0n) is 19.0. The monoisotopic (exact) mass is 400 g/mol. The molecule has 1 aromatic carbocycles. The van der Waals surface area contributed by atoms with Gasteiger partial charge >= 0.3 is 0 Å². The lowest BCUT2D eigenvalue weighted by atomic mass is 9.72. The Hall–Kier alpha value is -1.59. The smallest absolute Gasteiger partial charge is 0.191 e. The summed E-state index contributed by atoms with van der Waals surface area (Å²) < 4.78 is 5.71. The maximum Gasteiger partial charge on any atom is 0.191 e. The quantitative estimate of drug-likeness (QED) is 0.568. The van der Waals surface area contributed by atoms with Crippen LogP contribution in [0.5, 0.6) is 0 Å². The minimum absolute atomic E-state index is 0.0667. The first kappa shape index (κ1) is 22.1. The fraction of sp³-hybridized carbons (Fsp3) is 0.708. The lowest BCUT2D eigenvalue weighted by molar-refractivity contribution is 0.0529. The number of rotatable bonds is 6. The zero-order chi connectivity index (χ0) is 20.9. The number of ether oxygens (including phenoxy) is 1. The van der Waals surface area contributed by atoms with Crippen LogP contribution in [0.1, 0.15) is 51.7 Å². The van der Waals surface area contributed by atoms with Crippen molar-refractivity contribution in [2.45, 2.75) is 65.0 Å². The van der Waals surface area contributed by atoms with Crippen molar-refractivity contribution in [2.24, 2.45) is 10.9 Å². The highest BCUT2D eigenvalue weighted by Gasteiger charge is 2.36. The van der Waals surface area contributed by atoms with Gasteiger partial charge in [-0.3, -0.25) is 9.89 Å². The standard InChI is InChI=1S/C24H40N4O/c1-6-25-23(27-22-16-28(18(2)3)15-20(22)5)26-17-24(11-13-29-14-12-24)21-10-8-7-9-19(21)4/h7-10,18,20,22H,6,11-17H2,1-5H3,(H2,25,26,27). The molecule has 1 aromatic rings. The van der Waals surface area contributed by atoms with Gasteiger partial charge in [0.2, 0.25) is 0 Å². The second-order valence-electron chi connectivity index (χ2n) is 9.18. The molecule has 2 heterocycles. The maximum atomic E-state index is 5.71. The largest absolute Gasteiger partial charge is 0.381 e. The number of aryl methyl sites for hydroxylation is 1. The van der Waals surface area contributed by atoms with Gasteiger partial charge in [0.25, 0.3) is 0 Å². The molecular weight excluding hydrogens is 360 g/mol. The van der Waals surface area contributed by atoms with Crippen molar-refractivity contribution < 1.29 is 4.74 Å². The Morgan fingerprint density at radius 2 is 1.97 bits per heavy atom. The Balaban J connectivity index is 1.77. The SMILES string of the molecule is CCNC(=NCC1(c2ccccc2C)CCOCC1)NC1CN(C(C)C)CC1C. The van der Waals surface area contributed by atoms with E-state index in [-0.39, 0.29) is 5.41 Å². The van der Waals surface area contributed by atoms with Crippen LogP contribution >= 0.6 is 0 Å². The Labute approximate surface area is 177 Å². The summed E-state index contributed by atoms with van der Waals surface area (Å²) in [7, 11) is 0. The molecule has 0 aliphatic carbocycles. The number of nitrogens with zero attached hydrogens (tertiary/aromatic N) is 2. The van der Waals surface area contributed by atoms with Gasteiger partial charge in [0.05, 0.1) is 6.54 Å². The van der Waals surface area contributed by atoms with Crippen molar-refractivity contribution in [3.63, 3.8) is 0 Å². The van der Waals surface area contributed by atoms with E-state index in [1.165, 1.54) is 11.1 Å². The van der Waals surface area contributed by atoms with Gasteiger partial charge in [0.15, 0.2) is 5.96 Å². The molecule has 2 fully saturated rings. The lowest BCUT2D eigenvalue weighted by Crippen LogP contribution is -2.47. The summed E-state index contributed by atoms with van der Waals surface area (Å²) in [6.45, 7) is 16.8. The molecule has 0 aromatic heterocycles. The van der Waals surface area contributed by atoms with E-state index in [0.717, 1.165) is 58.2 Å². The van der Waals surface area contributed by atoms with Crippen LogP contribution in [0, 0.1) is 12.8 Å². The number of aliphatic imine (C=N–C) groups is 1. The molecular formula is C24H40N4O. The van der Waals surface area contributed by atoms with Crippen molar-refractivity contribution in [3.05, 3.63) is 35.4 Å². The number of hydrogen-bond donors (Lipinski definition) is 2. The Bertz CT molecular complexity index is 681. The second-order valence-corrected chi connectivity index (χ2v) is 9.18. The maximum absolute atomic E-state index is 5.71. The number of nitrogens with one attached hydrogen (secondary N) is 2. The van der Waals surface area contributed by atoms with Crippen molar-refractivity contribution in [1.82, 2.24) is 15.5 Å². The average molecular weight is 401 g/mol. The molecule has 0 spiro atoms. The third kappa shape index (κ3) is 5.32. The van der Waals surface area contributed by atoms with Crippen LogP contribution < -0.4 is 10.6 Å². The average Bonchev–Trinajstić information content (AvgIpc) is 3.08. The summed E-state index contributed by atoms with van der Waals surface area (Å²) in [5.74, 6) is 1.57. The summed E-state index contributed by atoms with van der Waals surface area (Å²) in [5, 5.41) is 7.23. The molecule has 0 saturated carbocycles. The van der Waals surface area contributed by atoms with Gasteiger partial charge in [-0.25, -0.2) is 0 Å². The molecule has 0 amide bonds. The first-order valence-electron chi connectivity index (χ1n) is 11.4. The summed E-state index contributed by atoms with van der Waals surface area (Å²) >= 11 is 0. The molecule has 2 aliphatic heterocycles. The predicted octanol–water partition coefficient (Wildman–Crippen LogP) is 3.33. The molecule has 2 unspecified atom stereocenters. The van der Waals surface area contributed by atoms with Gasteiger partial charge in [-0.2, -0.15) is 0 Å². The summed E-state index contributed by atoms with van der Waals surface area (Å²) in [5.41, 5.74) is 2.86.